The zero-order valence-electron chi connectivity index (χ0n) is 11.5. The molecule has 2 aromatic rings. The Labute approximate surface area is 117 Å². The number of nitrogens with one attached hydrogen (secondary N) is 1. The molecule has 0 aliphatic carbocycles. The summed E-state index contributed by atoms with van der Waals surface area (Å²) in [7, 11) is 0. The highest BCUT2D eigenvalue weighted by Gasteiger charge is 2.15. The van der Waals surface area contributed by atoms with Gasteiger partial charge in [0.25, 0.3) is 11.5 Å². The quantitative estimate of drug-likeness (QED) is 0.863. The number of terminal acetylenes is 1. The molecular weight excluding hydrogens is 252 g/mol. The maximum atomic E-state index is 12.4. The number of amides is 1. The van der Waals surface area contributed by atoms with Crippen LogP contribution in [0.3, 0.4) is 0 Å². The normalized spacial score (nSPS) is 10.5. The number of benzene rings is 1. The second kappa shape index (κ2) is 5.62. The summed E-state index contributed by atoms with van der Waals surface area (Å²) in [5, 5.41) is 4.08. The number of hydrogen-bond donors (Lipinski definition) is 1. The van der Waals surface area contributed by atoms with Crippen molar-refractivity contribution in [1.29, 1.82) is 0 Å². The second-order valence-corrected chi connectivity index (χ2v) is 4.84. The van der Waals surface area contributed by atoms with Crippen LogP contribution < -0.4 is 10.9 Å². The summed E-state index contributed by atoms with van der Waals surface area (Å²) in [6.07, 6.45) is 5.30. The molecule has 1 aromatic heterocycles. The lowest BCUT2D eigenvalue weighted by Crippen LogP contribution is -2.35. The van der Waals surface area contributed by atoms with Gasteiger partial charge >= 0.3 is 0 Å². The number of hydrogen-bond acceptors (Lipinski definition) is 2. The number of nitrogens with zero attached hydrogens (tertiary/aromatic N) is 1. The molecule has 1 heterocycles. The van der Waals surface area contributed by atoms with Gasteiger partial charge in [0, 0.05) is 11.4 Å². The molecule has 0 aliphatic rings. The van der Waals surface area contributed by atoms with Crippen molar-refractivity contribution in [3.8, 4) is 12.3 Å². The van der Waals surface area contributed by atoms with Gasteiger partial charge in [-0.2, -0.15) is 0 Å². The largest absolute Gasteiger partial charge is 0.349 e. The number of fused-ring (bicyclic) bond motifs is 1. The Hall–Kier alpha value is -2.54. The lowest BCUT2D eigenvalue weighted by molar-refractivity contribution is 0.0933. The minimum absolute atomic E-state index is 0.0108. The Kier molecular flexibility index (Phi) is 3.90. The molecule has 4 heteroatoms. The Morgan fingerprint density at radius 1 is 1.40 bits per heavy atom. The minimum atomic E-state index is -0.293. The summed E-state index contributed by atoms with van der Waals surface area (Å²) in [4.78, 5) is 24.6. The van der Waals surface area contributed by atoms with E-state index in [0.29, 0.717) is 11.1 Å². The van der Waals surface area contributed by atoms with Crippen molar-refractivity contribution in [2.24, 2.45) is 0 Å². The predicted molar refractivity (Wildman–Crippen MR) is 79.6 cm³/mol. The van der Waals surface area contributed by atoms with Gasteiger partial charge in [-0.15, -0.1) is 6.42 Å². The SMILES string of the molecule is C#CCn1c(C(=O)NC(C)C)cc2ccccc2c1=O. The third-order valence-corrected chi connectivity index (χ3v) is 2.92. The van der Waals surface area contributed by atoms with Gasteiger partial charge < -0.3 is 5.32 Å². The van der Waals surface area contributed by atoms with Gasteiger partial charge in [0.05, 0.1) is 6.54 Å². The van der Waals surface area contributed by atoms with E-state index in [4.69, 9.17) is 6.42 Å². The molecule has 0 unspecified atom stereocenters. The predicted octanol–water partition coefficient (Wildman–Crippen LogP) is 1.77. The van der Waals surface area contributed by atoms with Crippen LogP contribution in [-0.2, 0) is 6.54 Å². The zero-order chi connectivity index (χ0) is 14.7. The first kappa shape index (κ1) is 13.9. The molecule has 4 nitrogen and oxygen atoms in total. The van der Waals surface area contributed by atoms with Crippen molar-refractivity contribution < 1.29 is 4.79 Å². The van der Waals surface area contributed by atoms with Crippen molar-refractivity contribution in [3.05, 3.63) is 46.4 Å². The Bertz CT molecular complexity index is 751. The summed E-state index contributed by atoms with van der Waals surface area (Å²) in [5.74, 6) is 2.13. The molecule has 0 bridgehead atoms. The molecule has 0 radical (unpaired) electrons. The molecule has 0 saturated heterocycles. The molecule has 0 spiro atoms. The number of rotatable bonds is 3. The molecule has 1 amide bonds. The van der Waals surface area contributed by atoms with Crippen LogP contribution in [0.2, 0.25) is 0 Å². The molecular formula is C16H16N2O2. The molecule has 2 rings (SSSR count). The van der Waals surface area contributed by atoms with Gasteiger partial charge in [-0.25, -0.2) is 0 Å². The number of carbonyl (C=O) groups is 1. The smallest absolute Gasteiger partial charge is 0.268 e. The lowest BCUT2D eigenvalue weighted by Gasteiger charge is -2.14. The highest BCUT2D eigenvalue weighted by atomic mass is 16.2. The molecule has 1 N–H and O–H groups in total. The van der Waals surface area contributed by atoms with Crippen LogP contribution in [0.4, 0.5) is 0 Å². The van der Waals surface area contributed by atoms with E-state index in [9.17, 15) is 9.59 Å². The molecule has 0 saturated carbocycles. The van der Waals surface area contributed by atoms with Gasteiger partial charge in [0.15, 0.2) is 0 Å². The zero-order valence-corrected chi connectivity index (χ0v) is 11.5. The first-order chi connectivity index (χ1) is 9.54. The number of pyridine rings is 1. The van der Waals surface area contributed by atoms with E-state index in [-0.39, 0.29) is 24.1 Å². The summed E-state index contributed by atoms with van der Waals surface area (Å²) in [5.41, 5.74) is 0.0512. The van der Waals surface area contributed by atoms with Crippen LogP contribution in [0.1, 0.15) is 24.3 Å². The van der Waals surface area contributed by atoms with E-state index >= 15 is 0 Å². The monoisotopic (exact) mass is 268 g/mol. The highest BCUT2D eigenvalue weighted by molar-refractivity contribution is 5.96. The van der Waals surface area contributed by atoms with E-state index in [1.807, 2.05) is 26.0 Å². The van der Waals surface area contributed by atoms with Crippen LogP contribution >= 0.6 is 0 Å². The summed E-state index contributed by atoms with van der Waals surface area (Å²) in [6, 6.07) is 8.85. The van der Waals surface area contributed by atoms with Crippen molar-refractivity contribution in [2.45, 2.75) is 26.4 Å². The van der Waals surface area contributed by atoms with E-state index in [2.05, 4.69) is 11.2 Å². The van der Waals surface area contributed by atoms with Crippen molar-refractivity contribution >= 4 is 16.7 Å². The average Bonchev–Trinajstić information content (AvgIpc) is 2.41. The maximum Gasteiger partial charge on any atom is 0.268 e. The highest BCUT2D eigenvalue weighted by Crippen LogP contribution is 2.12. The van der Waals surface area contributed by atoms with Crippen LogP contribution in [-0.4, -0.2) is 16.5 Å². The standard InChI is InChI=1S/C16H16N2O2/c1-4-9-18-14(15(19)17-11(2)3)10-12-7-5-6-8-13(12)16(18)20/h1,5-8,10-11H,9H2,2-3H3,(H,17,19). The fourth-order valence-corrected chi connectivity index (χ4v) is 2.07. The van der Waals surface area contributed by atoms with Crippen molar-refractivity contribution in [3.63, 3.8) is 0 Å². The van der Waals surface area contributed by atoms with Crippen LogP contribution in [0, 0.1) is 12.3 Å². The van der Waals surface area contributed by atoms with Crippen molar-refractivity contribution in [1.82, 2.24) is 9.88 Å². The third kappa shape index (κ3) is 2.57. The third-order valence-electron chi connectivity index (χ3n) is 2.92. The van der Waals surface area contributed by atoms with Crippen LogP contribution in [0.5, 0.6) is 0 Å². The fourth-order valence-electron chi connectivity index (χ4n) is 2.07. The topological polar surface area (TPSA) is 51.1 Å². The first-order valence-corrected chi connectivity index (χ1v) is 6.41. The molecule has 0 atom stereocenters. The average molecular weight is 268 g/mol. The summed E-state index contributed by atoms with van der Waals surface area (Å²) in [6.45, 7) is 3.80. The van der Waals surface area contributed by atoms with Crippen molar-refractivity contribution in [2.75, 3.05) is 0 Å². The van der Waals surface area contributed by atoms with E-state index in [1.54, 1.807) is 18.2 Å². The minimum Gasteiger partial charge on any atom is -0.349 e. The fraction of sp³-hybridized carbons (Fsp3) is 0.250. The molecule has 0 aliphatic heterocycles. The van der Waals surface area contributed by atoms with Crippen LogP contribution in [0.25, 0.3) is 10.8 Å². The number of aromatic nitrogens is 1. The summed E-state index contributed by atoms with van der Waals surface area (Å²) >= 11 is 0. The maximum absolute atomic E-state index is 12.4. The lowest BCUT2D eigenvalue weighted by atomic mass is 10.1. The number of carbonyl (C=O) groups excluding carboxylic acids is 1. The van der Waals surface area contributed by atoms with Gasteiger partial charge in [0.2, 0.25) is 0 Å². The molecule has 1 aromatic carbocycles. The Balaban J connectivity index is 2.69. The Morgan fingerprint density at radius 3 is 2.75 bits per heavy atom. The first-order valence-electron chi connectivity index (χ1n) is 6.41. The second-order valence-electron chi connectivity index (χ2n) is 4.84. The van der Waals surface area contributed by atoms with E-state index in [1.165, 1.54) is 4.57 Å². The van der Waals surface area contributed by atoms with Gasteiger partial charge in [-0.05, 0) is 31.4 Å². The van der Waals surface area contributed by atoms with E-state index in [0.717, 1.165) is 5.39 Å². The van der Waals surface area contributed by atoms with Gasteiger partial charge in [0.1, 0.15) is 5.69 Å². The summed E-state index contributed by atoms with van der Waals surface area (Å²) < 4.78 is 1.33. The molecule has 20 heavy (non-hydrogen) atoms. The Morgan fingerprint density at radius 2 is 2.10 bits per heavy atom. The van der Waals surface area contributed by atoms with E-state index < -0.39 is 0 Å². The van der Waals surface area contributed by atoms with Crippen LogP contribution in [0.15, 0.2) is 35.1 Å². The van der Waals surface area contributed by atoms with Gasteiger partial charge in [-0.3, -0.25) is 14.2 Å². The molecule has 0 fully saturated rings. The molecule has 102 valence electrons. The van der Waals surface area contributed by atoms with Gasteiger partial charge in [-0.1, -0.05) is 24.1 Å².